The molecule has 1 saturated carbocycles. The molecule has 2 fully saturated rings. The van der Waals surface area contributed by atoms with Gasteiger partial charge < -0.3 is 14.8 Å². The van der Waals surface area contributed by atoms with E-state index in [2.05, 4.69) is 14.9 Å². The van der Waals surface area contributed by atoms with E-state index in [-0.39, 0.29) is 23.7 Å². The quantitative estimate of drug-likeness (QED) is 0.803. The molecule has 2 amide bonds. The van der Waals surface area contributed by atoms with E-state index in [0.717, 1.165) is 70.4 Å². The molecule has 0 spiro atoms. The Bertz CT molecular complexity index is 592. The number of aryl methyl sites for hydroxylation is 2. The second kappa shape index (κ2) is 8.50. The third-order valence-electron chi connectivity index (χ3n) is 5.64. The molecule has 1 aromatic rings. The second-order valence-corrected chi connectivity index (χ2v) is 7.34. The van der Waals surface area contributed by atoms with Crippen molar-refractivity contribution in [3.05, 3.63) is 18.2 Å². The van der Waals surface area contributed by atoms with Crippen molar-refractivity contribution in [1.82, 2.24) is 19.8 Å². The molecule has 2 aliphatic rings. The zero-order valence-electron chi connectivity index (χ0n) is 15.2. The van der Waals surface area contributed by atoms with Gasteiger partial charge in [-0.15, -0.1) is 0 Å². The largest absolute Gasteiger partial charge is 0.356 e. The van der Waals surface area contributed by atoms with Crippen LogP contribution in [0.4, 0.5) is 0 Å². The maximum Gasteiger partial charge on any atom is 0.226 e. The molecule has 0 radical (unpaired) electrons. The predicted molar refractivity (Wildman–Crippen MR) is 95.9 cm³/mol. The number of nitrogens with one attached hydrogen (secondary N) is 1. The highest BCUT2D eigenvalue weighted by molar-refractivity contribution is 5.88. The number of rotatable bonds is 6. The normalized spacial score (nSPS) is 23.6. The van der Waals surface area contributed by atoms with E-state index in [1.807, 2.05) is 18.0 Å². The number of likely N-dealkylation sites (tertiary alicyclic amines) is 1. The van der Waals surface area contributed by atoms with Gasteiger partial charge in [-0.05, 0) is 39.0 Å². The minimum absolute atomic E-state index is 0.0691. The first-order valence-corrected chi connectivity index (χ1v) is 9.71. The van der Waals surface area contributed by atoms with Crippen molar-refractivity contribution in [2.75, 3.05) is 19.6 Å². The van der Waals surface area contributed by atoms with E-state index >= 15 is 0 Å². The van der Waals surface area contributed by atoms with Gasteiger partial charge in [0.25, 0.3) is 0 Å². The van der Waals surface area contributed by atoms with Crippen molar-refractivity contribution in [3.63, 3.8) is 0 Å². The van der Waals surface area contributed by atoms with E-state index < -0.39 is 0 Å². The fourth-order valence-electron chi connectivity index (χ4n) is 4.14. The molecule has 6 nitrogen and oxygen atoms in total. The van der Waals surface area contributed by atoms with Gasteiger partial charge in [-0.25, -0.2) is 4.98 Å². The minimum atomic E-state index is -0.142. The highest BCUT2D eigenvalue weighted by Gasteiger charge is 2.38. The summed E-state index contributed by atoms with van der Waals surface area (Å²) in [5.74, 6) is 1.03. The molecule has 0 unspecified atom stereocenters. The first-order valence-electron chi connectivity index (χ1n) is 9.71. The molecule has 6 heteroatoms. The summed E-state index contributed by atoms with van der Waals surface area (Å²) in [7, 11) is 0. The van der Waals surface area contributed by atoms with E-state index in [4.69, 9.17) is 0 Å². The predicted octanol–water partition coefficient (Wildman–Crippen LogP) is 2.13. The zero-order valence-corrected chi connectivity index (χ0v) is 15.2. The van der Waals surface area contributed by atoms with Crippen LogP contribution in [0.1, 0.15) is 50.8 Å². The molecule has 1 aliphatic carbocycles. The van der Waals surface area contributed by atoms with E-state index in [1.165, 1.54) is 0 Å². The number of imidazole rings is 1. The van der Waals surface area contributed by atoms with Crippen LogP contribution in [0, 0.1) is 18.8 Å². The summed E-state index contributed by atoms with van der Waals surface area (Å²) in [5.41, 5.74) is 0. The van der Waals surface area contributed by atoms with Crippen LogP contribution >= 0.6 is 0 Å². The van der Waals surface area contributed by atoms with Crippen molar-refractivity contribution < 1.29 is 9.59 Å². The van der Waals surface area contributed by atoms with Crippen molar-refractivity contribution in [3.8, 4) is 0 Å². The van der Waals surface area contributed by atoms with Crippen LogP contribution in [0.15, 0.2) is 12.4 Å². The molecule has 0 bridgehead atoms. The first-order chi connectivity index (χ1) is 12.2. The first kappa shape index (κ1) is 18.0. The standard InChI is InChI=1S/C19H30N4O2/c1-15-20-10-14-22(15)13-6-9-21-18(24)16-7-2-3-8-17(16)19(25)23-11-4-5-12-23/h10,14,16-17H,2-9,11-13H2,1H3,(H,21,24)/t16-,17-/m0/s1. The van der Waals surface area contributed by atoms with Crippen LogP contribution in [0.25, 0.3) is 0 Å². The molecule has 0 aromatic carbocycles. The topological polar surface area (TPSA) is 67.2 Å². The molecule has 138 valence electrons. The van der Waals surface area contributed by atoms with Gasteiger partial charge in [-0.2, -0.15) is 0 Å². The lowest BCUT2D eigenvalue weighted by molar-refractivity contribution is -0.142. The van der Waals surface area contributed by atoms with Crippen molar-refractivity contribution in [1.29, 1.82) is 0 Å². The van der Waals surface area contributed by atoms with Crippen molar-refractivity contribution >= 4 is 11.8 Å². The van der Waals surface area contributed by atoms with Crippen LogP contribution in [0.3, 0.4) is 0 Å². The van der Waals surface area contributed by atoms with Gasteiger partial charge in [0.1, 0.15) is 5.82 Å². The molecule has 1 N–H and O–H groups in total. The van der Waals surface area contributed by atoms with E-state index in [0.29, 0.717) is 6.54 Å². The lowest BCUT2D eigenvalue weighted by atomic mass is 9.78. The van der Waals surface area contributed by atoms with Crippen LogP contribution in [-0.4, -0.2) is 45.9 Å². The van der Waals surface area contributed by atoms with Gasteiger partial charge in [0.05, 0.1) is 0 Å². The maximum atomic E-state index is 12.8. The molecular weight excluding hydrogens is 316 g/mol. The number of carbonyl (C=O) groups is 2. The highest BCUT2D eigenvalue weighted by Crippen LogP contribution is 2.32. The summed E-state index contributed by atoms with van der Waals surface area (Å²) in [5, 5.41) is 3.07. The number of hydrogen-bond acceptors (Lipinski definition) is 3. The second-order valence-electron chi connectivity index (χ2n) is 7.34. The number of amides is 2. The fraction of sp³-hybridized carbons (Fsp3) is 0.737. The Morgan fingerprint density at radius 1 is 1.16 bits per heavy atom. The number of hydrogen-bond donors (Lipinski definition) is 1. The van der Waals surface area contributed by atoms with Gasteiger partial charge >= 0.3 is 0 Å². The third kappa shape index (κ3) is 4.41. The van der Waals surface area contributed by atoms with Gasteiger partial charge in [0, 0.05) is 50.4 Å². The van der Waals surface area contributed by atoms with Crippen molar-refractivity contribution in [2.45, 2.75) is 58.4 Å². The molecule has 1 saturated heterocycles. The Balaban J connectivity index is 1.48. The molecule has 25 heavy (non-hydrogen) atoms. The fourth-order valence-corrected chi connectivity index (χ4v) is 4.14. The summed E-state index contributed by atoms with van der Waals surface area (Å²) in [4.78, 5) is 31.6. The van der Waals surface area contributed by atoms with E-state index in [1.54, 1.807) is 6.20 Å². The molecule has 2 heterocycles. The third-order valence-corrected chi connectivity index (χ3v) is 5.64. The summed E-state index contributed by atoms with van der Waals surface area (Å²) in [6.45, 7) is 5.22. The molecule has 3 rings (SSSR count). The average Bonchev–Trinajstić information content (AvgIpc) is 3.30. The monoisotopic (exact) mass is 346 g/mol. The maximum absolute atomic E-state index is 12.8. The van der Waals surface area contributed by atoms with Crippen LogP contribution in [0.5, 0.6) is 0 Å². The lowest BCUT2D eigenvalue weighted by Crippen LogP contribution is -2.44. The summed E-state index contributed by atoms with van der Waals surface area (Å²) >= 11 is 0. The summed E-state index contributed by atoms with van der Waals surface area (Å²) < 4.78 is 2.09. The molecule has 1 aromatic heterocycles. The van der Waals surface area contributed by atoms with Gasteiger partial charge in [-0.1, -0.05) is 12.8 Å². The van der Waals surface area contributed by atoms with Crippen LogP contribution < -0.4 is 5.32 Å². The number of aromatic nitrogens is 2. The average molecular weight is 346 g/mol. The summed E-state index contributed by atoms with van der Waals surface area (Å²) in [6.07, 6.45) is 10.7. The zero-order chi connectivity index (χ0) is 17.6. The lowest BCUT2D eigenvalue weighted by Gasteiger charge is -2.32. The van der Waals surface area contributed by atoms with Crippen LogP contribution in [-0.2, 0) is 16.1 Å². The van der Waals surface area contributed by atoms with E-state index in [9.17, 15) is 9.59 Å². The van der Waals surface area contributed by atoms with Crippen LogP contribution in [0.2, 0.25) is 0 Å². The Morgan fingerprint density at radius 3 is 2.56 bits per heavy atom. The van der Waals surface area contributed by atoms with Gasteiger partial charge in [-0.3, -0.25) is 9.59 Å². The molecule has 2 atom stereocenters. The van der Waals surface area contributed by atoms with Gasteiger partial charge in [0.15, 0.2) is 0 Å². The Morgan fingerprint density at radius 2 is 1.88 bits per heavy atom. The SMILES string of the molecule is Cc1nccn1CCCNC(=O)[C@H]1CCCC[C@@H]1C(=O)N1CCCC1. The number of carbonyl (C=O) groups excluding carboxylic acids is 2. The summed E-state index contributed by atoms with van der Waals surface area (Å²) in [6, 6.07) is 0. The Labute approximate surface area is 150 Å². The molecule has 1 aliphatic heterocycles. The van der Waals surface area contributed by atoms with Crippen molar-refractivity contribution in [2.24, 2.45) is 11.8 Å². The van der Waals surface area contributed by atoms with Gasteiger partial charge in [0.2, 0.25) is 11.8 Å². The molecular formula is C19H30N4O2. The Hall–Kier alpha value is -1.85. The number of nitrogens with zero attached hydrogens (tertiary/aromatic N) is 3. The minimum Gasteiger partial charge on any atom is -0.356 e. The smallest absolute Gasteiger partial charge is 0.226 e. The Kier molecular flexibility index (Phi) is 6.10. The highest BCUT2D eigenvalue weighted by atomic mass is 16.2.